The van der Waals surface area contributed by atoms with E-state index < -0.39 is 17.6 Å². The van der Waals surface area contributed by atoms with Crippen molar-refractivity contribution in [2.24, 2.45) is 0 Å². The molecule has 0 spiro atoms. The van der Waals surface area contributed by atoms with Crippen LogP contribution in [0, 0.1) is 0 Å². The van der Waals surface area contributed by atoms with E-state index in [1.165, 1.54) is 19.2 Å². The number of benzene rings is 2. The number of para-hydroxylation sites is 1. The number of rotatable bonds is 3. The van der Waals surface area contributed by atoms with Crippen LogP contribution in [0.1, 0.15) is 26.3 Å². The van der Waals surface area contributed by atoms with E-state index >= 15 is 0 Å². The predicted molar refractivity (Wildman–Crippen MR) is 79.2 cm³/mol. The van der Waals surface area contributed by atoms with Gasteiger partial charge in [-0.3, -0.25) is 9.59 Å². The van der Waals surface area contributed by atoms with Gasteiger partial charge in [0.25, 0.3) is 11.8 Å². The molecule has 0 heterocycles. The number of anilines is 1. The van der Waals surface area contributed by atoms with Gasteiger partial charge in [0.2, 0.25) is 0 Å². The SMILES string of the molecule is CNC(=O)c1ccccc1NC(=O)c1ccc(C(F)(F)F)cc1. The van der Waals surface area contributed by atoms with Crippen LogP contribution in [0.15, 0.2) is 48.5 Å². The molecule has 0 unspecified atom stereocenters. The van der Waals surface area contributed by atoms with E-state index in [2.05, 4.69) is 10.6 Å². The van der Waals surface area contributed by atoms with Gasteiger partial charge in [-0.15, -0.1) is 0 Å². The highest BCUT2D eigenvalue weighted by Crippen LogP contribution is 2.29. The fourth-order valence-electron chi connectivity index (χ4n) is 1.93. The Morgan fingerprint density at radius 3 is 2.09 bits per heavy atom. The molecule has 2 aromatic carbocycles. The van der Waals surface area contributed by atoms with Crippen LogP contribution in [-0.4, -0.2) is 18.9 Å². The van der Waals surface area contributed by atoms with Crippen molar-refractivity contribution in [1.82, 2.24) is 5.32 Å². The number of carbonyl (C=O) groups excluding carboxylic acids is 2. The van der Waals surface area contributed by atoms with Gasteiger partial charge in [0, 0.05) is 12.6 Å². The smallest absolute Gasteiger partial charge is 0.355 e. The average Bonchev–Trinajstić information content (AvgIpc) is 2.54. The van der Waals surface area contributed by atoms with Crippen LogP contribution >= 0.6 is 0 Å². The van der Waals surface area contributed by atoms with E-state index in [9.17, 15) is 22.8 Å². The second-order valence-electron chi connectivity index (χ2n) is 4.65. The maximum Gasteiger partial charge on any atom is 0.416 e. The van der Waals surface area contributed by atoms with Crippen LogP contribution < -0.4 is 10.6 Å². The Labute approximate surface area is 130 Å². The molecule has 0 fully saturated rings. The summed E-state index contributed by atoms with van der Waals surface area (Å²) in [6, 6.07) is 10.2. The molecule has 0 bridgehead atoms. The second-order valence-corrected chi connectivity index (χ2v) is 4.65. The second kappa shape index (κ2) is 6.51. The summed E-state index contributed by atoms with van der Waals surface area (Å²) in [5.74, 6) is -0.983. The molecular weight excluding hydrogens is 309 g/mol. The molecule has 0 radical (unpaired) electrons. The fourth-order valence-corrected chi connectivity index (χ4v) is 1.93. The first-order chi connectivity index (χ1) is 10.8. The van der Waals surface area contributed by atoms with Gasteiger partial charge in [-0.2, -0.15) is 13.2 Å². The lowest BCUT2D eigenvalue weighted by Crippen LogP contribution is -2.21. The van der Waals surface area contributed by atoms with Crippen molar-refractivity contribution in [2.75, 3.05) is 12.4 Å². The van der Waals surface area contributed by atoms with Gasteiger partial charge in [-0.1, -0.05) is 12.1 Å². The van der Waals surface area contributed by atoms with Crippen molar-refractivity contribution >= 4 is 17.5 Å². The third-order valence-electron chi connectivity index (χ3n) is 3.12. The molecule has 7 heteroatoms. The van der Waals surface area contributed by atoms with Gasteiger partial charge < -0.3 is 10.6 Å². The lowest BCUT2D eigenvalue weighted by atomic mass is 10.1. The zero-order valence-electron chi connectivity index (χ0n) is 12.1. The maximum atomic E-state index is 12.5. The maximum absolute atomic E-state index is 12.5. The monoisotopic (exact) mass is 322 g/mol. The minimum atomic E-state index is -4.46. The van der Waals surface area contributed by atoms with Gasteiger partial charge in [-0.25, -0.2) is 0 Å². The first kappa shape index (κ1) is 16.5. The van der Waals surface area contributed by atoms with E-state index in [4.69, 9.17) is 0 Å². The molecule has 0 saturated carbocycles. The Balaban J connectivity index is 2.22. The average molecular weight is 322 g/mol. The lowest BCUT2D eigenvalue weighted by molar-refractivity contribution is -0.137. The summed E-state index contributed by atoms with van der Waals surface area (Å²) in [6.45, 7) is 0. The topological polar surface area (TPSA) is 58.2 Å². The number of carbonyl (C=O) groups is 2. The zero-order chi connectivity index (χ0) is 17.0. The lowest BCUT2D eigenvalue weighted by Gasteiger charge is -2.11. The van der Waals surface area contributed by atoms with E-state index in [1.807, 2.05) is 0 Å². The molecule has 23 heavy (non-hydrogen) atoms. The number of amides is 2. The molecule has 0 aromatic heterocycles. The van der Waals surface area contributed by atoms with E-state index in [1.54, 1.807) is 12.1 Å². The normalized spacial score (nSPS) is 11.0. The summed E-state index contributed by atoms with van der Waals surface area (Å²) in [4.78, 5) is 23.8. The number of hydrogen-bond donors (Lipinski definition) is 2. The quantitative estimate of drug-likeness (QED) is 0.911. The van der Waals surface area contributed by atoms with Crippen LogP contribution in [0.3, 0.4) is 0 Å². The van der Waals surface area contributed by atoms with Gasteiger partial charge in [0.1, 0.15) is 0 Å². The number of hydrogen-bond acceptors (Lipinski definition) is 2. The third-order valence-corrected chi connectivity index (χ3v) is 3.12. The van der Waals surface area contributed by atoms with Crippen LogP contribution in [0.4, 0.5) is 18.9 Å². The Morgan fingerprint density at radius 2 is 1.52 bits per heavy atom. The van der Waals surface area contributed by atoms with Crippen molar-refractivity contribution in [3.8, 4) is 0 Å². The van der Waals surface area contributed by atoms with Gasteiger partial charge in [-0.05, 0) is 36.4 Å². The van der Waals surface area contributed by atoms with Gasteiger partial charge in [0.15, 0.2) is 0 Å². The Hall–Kier alpha value is -2.83. The van der Waals surface area contributed by atoms with Crippen LogP contribution in [-0.2, 0) is 6.18 Å². The molecule has 2 rings (SSSR count). The summed E-state index contributed by atoms with van der Waals surface area (Å²) in [5.41, 5.74) is -0.239. The highest BCUT2D eigenvalue weighted by Gasteiger charge is 2.30. The molecule has 2 aromatic rings. The van der Waals surface area contributed by atoms with Crippen LogP contribution in [0.25, 0.3) is 0 Å². The number of halogens is 3. The summed E-state index contributed by atoms with van der Waals surface area (Å²) < 4.78 is 37.5. The Morgan fingerprint density at radius 1 is 0.913 bits per heavy atom. The van der Waals surface area contributed by atoms with Crippen molar-refractivity contribution in [2.45, 2.75) is 6.18 Å². The molecule has 0 aliphatic heterocycles. The minimum absolute atomic E-state index is 0.0599. The van der Waals surface area contributed by atoms with E-state index in [-0.39, 0.29) is 22.7 Å². The Bertz CT molecular complexity index is 725. The first-order valence-corrected chi connectivity index (χ1v) is 6.62. The first-order valence-electron chi connectivity index (χ1n) is 6.62. The largest absolute Gasteiger partial charge is 0.416 e. The highest BCUT2D eigenvalue weighted by molar-refractivity contribution is 6.08. The van der Waals surface area contributed by atoms with E-state index in [0.29, 0.717) is 0 Å². The highest BCUT2D eigenvalue weighted by atomic mass is 19.4. The molecular formula is C16H13F3N2O2. The molecule has 4 nitrogen and oxygen atoms in total. The molecule has 0 atom stereocenters. The number of nitrogens with one attached hydrogen (secondary N) is 2. The predicted octanol–water partition coefficient (Wildman–Crippen LogP) is 3.32. The molecule has 0 aliphatic rings. The molecule has 2 N–H and O–H groups in total. The fraction of sp³-hybridized carbons (Fsp3) is 0.125. The summed E-state index contributed by atoms with van der Waals surface area (Å²) in [5, 5.41) is 4.96. The third kappa shape index (κ3) is 3.88. The van der Waals surface area contributed by atoms with Crippen molar-refractivity contribution in [1.29, 1.82) is 0 Å². The van der Waals surface area contributed by atoms with Crippen LogP contribution in [0.2, 0.25) is 0 Å². The van der Waals surface area contributed by atoms with Crippen molar-refractivity contribution in [3.05, 3.63) is 65.2 Å². The Kier molecular flexibility index (Phi) is 4.68. The van der Waals surface area contributed by atoms with Crippen LogP contribution in [0.5, 0.6) is 0 Å². The molecule has 0 saturated heterocycles. The molecule has 0 aliphatic carbocycles. The summed E-state index contributed by atoms with van der Waals surface area (Å²) >= 11 is 0. The zero-order valence-corrected chi connectivity index (χ0v) is 12.1. The number of alkyl halides is 3. The molecule has 2 amide bonds. The molecule has 120 valence electrons. The van der Waals surface area contributed by atoms with Gasteiger partial charge >= 0.3 is 6.18 Å². The van der Waals surface area contributed by atoms with Crippen molar-refractivity contribution in [3.63, 3.8) is 0 Å². The van der Waals surface area contributed by atoms with Gasteiger partial charge in [0.05, 0.1) is 16.8 Å². The minimum Gasteiger partial charge on any atom is -0.355 e. The van der Waals surface area contributed by atoms with E-state index in [0.717, 1.165) is 24.3 Å². The standard InChI is InChI=1S/C16H13F3N2O2/c1-20-15(23)12-4-2-3-5-13(12)21-14(22)10-6-8-11(9-7-10)16(17,18)19/h2-9H,1H3,(H,20,23)(H,21,22). The summed E-state index contributed by atoms with van der Waals surface area (Å²) in [7, 11) is 1.46. The van der Waals surface area contributed by atoms with Crippen molar-refractivity contribution < 1.29 is 22.8 Å². The summed E-state index contributed by atoms with van der Waals surface area (Å²) in [6.07, 6.45) is -4.46.